The summed E-state index contributed by atoms with van der Waals surface area (Å²) in [7, 11) is 0. The maximum absolute atomic E-state index is 13.4. The first kappa shape index (κ1) is 14.6. The molecular weight excluding hydrogens is 268 g/mol. The minimum atomic E-state index is -1.16. The predicted octanol–water partition coefficient (Wildman–Crippen LogP) is 2.77. The number of nitro benzene ring substituents is 1. The molecule has 0 spiro atoms. The molecule has 1 N–H and O–H groups in total. The van der Waals surface area contributed by atoms with Crippen molar-refractivity contribution in [2.45, 2.75) is 19.3 Å². The van der Waals surface area contributed by atoms with E-state index in [1.807, 2.05) is 0 Å². The molecule has 1 aromatic carbocycles. The summed E-state index contributed by atoms with van der Waals surface area (Å²) in [6.45, 7) is 3.49. The molecule has 0 aliphatic carbocycles. The third kappa shape index (κ3) is 3.63. The summed E-state index contributed by atoms with van der Waals surface area (Å²) in [5.74, 6) is -1.98. The molecule has 0 saturated carbocycles. The van der Waals surface area contributed by atoms with E-state index in [0.717, 1.165) is 32.1 Å². The molecular formula is C13H17F2N3O2. The number of halogens is 2. The van der Waals surface area contributed by atoms with Crippen LogP contribution in [-0.4, -0.2) is 36.0 Å². The van der Waals surface area contributed by atoms with Gasteiger partial charge in [0.1, 0.15) is 11.5 Å². The Morgan fingerprint density at radius 2 is 2.00 bits per heavy atom. The summed E-state index contributed by atoms with van der Waals surface area (Å²) in [6.07, 6.45) is 3.18. The van der Waals surface area contributed by atoms with E-state index in [2.05, 4.69) is 10.2 Å². The minimum absolute atomic E-state index is 0.103. The van der Waals surface area contributed by atoms with E-state index in [1.54, 1.807) is 0 Å². The van der Waals surface area contributed by atoms with Gasteiger partial charge in [-0.1, -0.05) is 0 Å². The van der Waals surface area contributed by atoms with Crippen LogP contribution in [0.5, 0.6) is 0 Å². The molecule has 1 saturated heterocycles. The third-order valence-corrected chi connectivity index (χ3v) is 3.38. The minimum Gasteiger partial charge on any atom is -0.379 e. The molecule has 7 heteroatoms. The molecule has 0 amide bonds. The maximum atomic E-state index is 13.4. The highest BCUT2D eigenvalue weighted by molar-refractivity contribution is 5.62. The zero-order chi connectivity index (χ0) is 14.5. The Hall–Kier alpha value is -1.76. The molecule has 1 aliphatic heterocycles. The lowest BCUT2D eigenvalue weighted by Crippen LogP contribution is -2.22. The van der Waals surface area contributed by atoms with Crippen LogP contribution in [0.2, 0.25) is 0 Å². The summed E-state index contributed by atoms with van der Waals surface area (Å²) in [6, 6.07) is 1.48. The topological polar surface area (TPSA) is 58.4 Å². The van der Waals surface area contributed by atoms with Crippen LogP contribution in [0, 0.1) is 21.7 Å². The number of nitrogens with one attached hydrogen (secondary N) is 1. The van der Waals surface area contributed by atoms with Gasteiger partial charge >= 0.3 is 5.69 Å². The number of nitrogens with zero attached hydrogens (tertiary/aromatic N) is 2. The van der Waals surface area contributed by atoms with Gasteiger partial charge in [0.15, 0.2) is 0 Å². The van der Waals surface area contributed by atoms with E-state index < -0.39 is 22.2 Å². The zero-order valence-corrected chi connectivity index (χ0v) is 11.1. The fourth-order valence-corrected chi connectivity index (χ4v) is 2.42. The molecule has 2 rings (SSSR count). The van der Waals surface area contributed by atoms with Crippen LogP contribution in [0.1, 0.15) is 19.3 Å². The summed E-state index contributed by atoms with van der Waals surface area (Å²) in [4.78, 5) is 12.3. The van der Waals surface area contributed by atoms with Crippen molar-refractivity contribution in [3.05, 3.63) is 33.9 Å². The van der Waals surface area contributed by atoms with Gasteiger partial charge in [-0.3, -0.25) is 10.1 Å². The summed E-state index contributed by atoms with van der Waals surface area (Å²) in [5.41, 5.74) is -0.804. The average molecular weight is 285 g/mol. The molecule has 1 aromatic rings. The molecule has 20 heavy (non-hydrogen) atoms. The number of hydrogen-bond donors (Lipinski definition) is 1. The average Bonchev–Trinajstić information content (AvgIpc) is 2.86. The van der Waals surface area contributed by atoms with Crippen LogP contribution in [0.3, 0.4) is 0 Å². The molecule has 0 aromatic heterocycles. The zero-order valence-electron chi connectivity index (χ0n) is 11.1. The van der Waals surface area contributed by atoms with Crippen molar-refractivity contribution in [1.82, 2.24) is 4.90 Å². The number of rotatable bonds is 6. The number of anilines is 1. The van der Waals surface area contributed by atoms with Crippen LogP contribution in [0.15, 0.2) is 12.1 Å². The van der Waals surface area contributed by atoms with Crippen LogP contribution < -0.4 is 5.32 Å². The Balaban J connectivity index is 1.92. The van der Waals surface area contributed by atoms with E-state index in [0.29, 0.717) is 12.6 Å². The van der Waals surface area contributed by atoms with Gasteiger partial charge in [-0.25, -0.2) is 4.39 Å². The first-order chi connectivity index (χ1) is 9.58. The van der Waals surface area contributed by atoms with E-state index in [9.17, 15) is 18.9 Å². The van der Waals surface area contributed by atoms with Gasteiger partial charge < -0.3 is 10.2 Å². The van der Waals surface area contributed by atoms with Gasteiger partial charge in [-0.2, -0.15) is 4.39 Å². The highest BCUT2D eigenvalue weighted by Crippen LogP contribution is 2.28. The second-order valence-electron chi connectivity index (χ2n) is 4.87. The summed E-state index contributed by atoms with van der Waals surface area (Å²) < 4.78 is 26.5. The lowest BCUT2D eigenvalue weighted by molar-refractivity contribution is -0.386. The van der Waals surface area contributed by atoms with Crippen molar-refractivity contribution >= 4 is 11.4 Å². The number of benzene rings is 1. The van der Waals surface area contributed by atoms with Gasteiger partial charge in [0.2, 0.25) is 5.82 Å². The van der Waals surface area contributed by atoms with E-state index in [-0.39, 0.29) is 5.69 Å². The third-order valence-electron chi connectivity index (χ3n) is 3.38. The summed E-state index contributed by atoms with van der Waals surface area (Å²) >= 11 is 0. The molecule has 5 nitrogen and oxygen atoms in total. The number of likely N-dealkylation sites (tertiary alicyclic amines) is 1. The first-order valence-corrected chi connectivity index (χ1v) is 6.67. The second-order valence-corrected chi connectivity index (χ2v) is 4.87. The van der Waals surface area contributed by atoms with Crippen molar-refractivity contribution in [1.29, 1.82) is 0 Å². The quantitative estimate of drug-likeness (QED) is 0.496. The molecule has 0 radical (unpaired) electrons. The Kier molecular flexibility index (Phi) is 4.84. The van der Waals surface area contributed by atoms with Crippen molar-refractivity contribution in [3.8, 4) is 0 Å². The Bertz CT molecular complexity index is 491. The van der Waals surface area contributed by atoms with Gasteiger partial charge in [-0.05, 0) is 38.9 Å². The highest BCUT2D eigenvalue weighted by atomic mass is 19.1. The van der Waals surface area contributed by atoms with Gasteiger partial charge in [0.05, 0.1) is 4.92 Å². The van der Waals surface area contributed by atoms with Crippen LogP contribution in [-0.2, 0) is 0 Å². The fraction of sp³-hybridized carbons (Fsp3) is 0.538. The standard InChI is InChI=1S/C13H17F2N3O2/c14-10-8-11(15)13(18(19)20)12(9-10)16-4-3-7-17-5-1-2-6-17/h8-9,16H,1-7H2. The van der Waals surface area contributed by atoms with E-state index >= 15 is 0 Å². The Morgan fingerprint density at radius 3 is 2.65 bits per heavy atom. The molecule has 1 heterocycles. The molecule has 1 fully saturated rings. The molecule has 0 unspecified atom stereocenters. The van der Waals surface area contributed by atoms with Crippen molar-refractivity contribution in [3.63, 3.8) is 0 Å². The number of hydrogen-bond acceptors (Lipinski definition) is 4. The molecule has 0 atom stereocenters. The van der Waals surface area contributed by atoms with Gasteiger partial charge in [-0.15, -0.1) is 0 Å². The predicted molar refractivity (Wildman–Crippen MR) is 71.8 cm³/mol. The van der Waals surface area contributed by atoms with E-state index in [4.69, 9.17) is 0 Å². The van der Waals surface area contributed by atoms with Crippen molar-refractivity contribution < 1.29 is 13.7 Å². The van der Waals surface area contributed by atoms with E-state index in [1.165, 1.54) is 12.8 Å². The molecule has 110 valence electrons. The lowest BCUT2D eigenvalue weighted by Gasteiger charge is -2.14. The SMILES string of the molecule is O=[N+]([O-])c1c(F)cc(F)cc1NCCCN1CCCC1. The van der Waals surface area contributed by atoms with Gasteiger partial charge in [0.25, 0.3) is 0 Å². The highest BCUT2D eigenvalue weighted by Gasteiger charge is 2.21. The first-order valence-electron chi connectivity index (χ1n) is 6.67. The van der Waals surface area contributed by atoms with Crippen molar-refractivity contribution in [2.24, 2.45) is 0 Å². The molecule has 1 aliphatic rings. The second kappa shape index (κ2) is 6.60. The Morgan fingerprint density at radius 1 is 1.30 bits per heavy atom. The Labute approximate surface area is 115 Å². The monoisotopic (exact) mass is 285 g/mol. The van der Waals surface area contributed by atoms with Crippen LogP contribution in [0.25, 0.3) is 0 Å². The fourth-order valence-electron chi connectivity index (χ4n) is 2.42. The lowest BCUT2D eigenvalue weighted by atomic mass is 10.2. The van der Waals surface area contributed by atoms with Crippen molar-refractivity contribution in [2.75, 3.05) is 31.5 Å². The largest absolute Gasteiger partial charge is 0.379 e. The normalized spacial score (nSPS) is 15.5. The number of nitro groups is 1. The van der Waals surface area contributed by atoms with Crippen LogP contribution in [0.4, 0.5) is 20.2 Å². The van der Waals surface area contributed by atoms with Gasteiger partial charge in [0, 0.05) is 18.7 Å². The smallest absolute Gasteiger partial charge is 0.327 e. The summed E-state index contributed by atoms with van der Waals surface area (Å²) in [5, 5.41) is 13.5. The maximum Gasteiger partial charge on any atom is 0.327 e. The van der Waals surface area contributed by atoms with Crippen LogP contribution >= 0.6 is 0 Å². The molecule has 0 bridgehead atoms.